The van der Waals surface area contributed by atoms with Crippen LogP contribution >= 0.6 is 0 Å². The molecule has 1 unspecified atom stereocenters. The van der Waals surface area contributed by atoms with Gasteiger partial charge < -0.3 is 5.32 Å². The van der Waals surface area contributed by atoms with E-state index in [0.29, 0.717) is 5.69 Å². The molecule has 0 aromatic heterocycles. The van der Waals surface area contributed by atoms with E-state index in [1.165, 1.54) is 0 Å². The minimum Gasteiger partial charge on any atom is -0.325 e. The third kappa shape index (κ3) is 3.11. The van der Waals surface area contributed by atoms with Gasteiger partial charge in [0.15, 0.2) is 0 Å². The molecule has 16 heavy (non-hydrogen) atoms. The van der Waals surface area contributed by atoms with Crippen molar-refractivity contribution in [2.45, 2.75) is 19.3 Å². The van der Waals surface area contributed by atoms with Gasteiger partial charge in [0.05, 0.1) is 18.1 Å². The zero-order valence-corrected chi connectivity index (χ0v) is 8.90. The highest BCUT2D eigenvalue weighted by atomic mass is 16.1. The highest BCUT2D eigenvalue weighted by Crippen LogP contribution is 2.17. The van der Waals surface area contributed by atoms with Crippen LogP contribution < -0.4 is 5.32 Å². The van der Waals surface area contributed by atoms with Crippen molar-refractivity contribution in [2.75, 3.05) is 5.32 Å². The Morgan fingerprint density at radius 2 is 2.00 bits per heavy atom. The molecule has 1 aromatic carbocycles. The second-order valence-electron chi connectivity index (χ2n) is 3.36. The second kappa shape index (κ2) is 5.53. The Kier molecular flexibility index (Phi) is 4.06. The molecule has 0 spiro atoms. The lowest BCUT2D eigenvalue weighted by molar-refractivity contribution is -0.115. The van der Waals surface area contributed by atoms with Crippen molar-refractivity contribution in [3.05, 3.63) is 29.8 Å². The van der Waals surface area contributed by atoms with Crippen LogP contribution in [0.4, 0.5) is 5.69 Å². The first kappa shape index (κ1) is 11.7. The first-order chi connectivity index (χ1) is 7.67. The molecule has 1 rings (SSSR count). The van der Waals surface area contributed by atoms with Crippen LogP contribution in [0, 0.1) is 22.7 Å². The Labute approximate surface area is 94.1 Å². The third-order valence-electron chi connectivity index (χ3n) is 2.13. The van der Waals surface area contributed by atoms with Crippen molar-refractivity contribution in [3.63, 3.8) is 0 Å². The van der Waals surface area contributed by atoms with E-state index in [0.717, 1.165) is 5.56 Å². The maximum Gasteiger partial charge on any atom is 0.238 e. The Hall–Kier alpha value is -2.33. The molecule has 4 heteroatoms. The van der Waals surface area contributed by atoms with Crippen LogP contribution in [0.15, 0.2) is 24.3 Å². The molecular formula is C12H11N3O. The number of carbonyl (C=O) groups excluding carboxylic acids is 1. The van der Waals surface area contributed by atoms with Crippen LogP contribution in [0.5, 0.6) is 0 Å². The SMILES string of the molecule is CC(C#N)c1ccc(NC(=O)CC#N)cc1. The normalized spacial score (nSPS) is 10.9. The average Bonchev–Trinajstić information content (AvgIpc) is 2.29. The maximum atomic E-state index is 11.1. The van der Waals surface area contributed by atoms with Gasteiger partial charge in [-0.1, -0.05) is 12.1 Å². The fraction of sp³-hybridized carbons (Fsp3) is 0.250. The van der Waals surface area contributed by atoms with Crippen molar-refractivity contribution >= 4 is 11.6 Å². The maximum absolute atomic E-state index is 11.1. The molecule has 0 bridgehead atoms. The lowest BCUT2D eigenvalue weighted by atomic mass is 10.0. The van der Waals surface area contributed by atoms with E-state index in [1.807, 2.05) is 6.92 Å². The summed E-state index contributed by atoms with van der Waals surface area (Å²) in [7, 11) is 0. The summed E-state index contributed by atoms with van der Waals surface area (Å²) in [4.78, 5) is 11.1. The smallest absolute Gasteiger partial charge is 0.238 e. The lowest BCUT2D eigenvalue weighted by Crippen LogP contribution is -2.09. The molecule has 0 aliphatic carbocycles. The minimum absolute atomic E-state index is 0.156. The molecule has 0 fully saturated rings. The number of nitrogens with zero attached hydrogens (tertiary/aromatic N) is 2. The van der Waals surface area contributed by atoms with Gasteiger partial charge in [0, 0.05) is 5.69 Å². The summed E-state index contributed by atoms with van der Waals surface area (Å²) < 4.78 is 0. The molecule has 4 nitrogen and oxygen atoms in total. The van der Waals surface area contributed by atoms with E-state index >= 15 is 0 Å². The topological polar surface area (TPSA) is 76.7 Å². The van der Waals surface area contributed by atoms with Gasteiger partial charge in [-0.15, -0.1) is 0 Å². The van der Waals surface area contributed by atoms with E-state index in [1.54, 1.807) is 30.3 Å². The third-order valence-corrected chi connectivity index (χ3v) is 2.13. The highest BCUT2D eigenvalue weighted by molar-refractivity contribution is 5.91. The molecule has 0 heterocycles. The van der Waals surface area contributed by atoms with Crippen LogP contribution in [0.3, 0.4) is 0 Å². The summed E-state index contributed by atoms with van der Waals surface area (Å²) in [5, 5.41) is 19.6. The van der Waals surface area contributed by atoms with Crippen LogP contribution in [0.2, 0.25) is 0 Å². The second-order valence-corrected chi connectivity index (χ2v) is 3.36. The van der Waals surface area contributed by atoms with Crippen molar-refractivity contribution in [1.82, 2.24) is 0 Å². The molecule has 0 aliphatic rings. The summed E-state index contributed by atoms with van der Waals surface area (Å²) in [5.41, 5.74) is 1.54. The molecule has 1 atom stereocenters. The summed E-state index contributed by atoms with van der Waals surface area (Å²) >= 11 is 0. The first-order valence-electron chi connectivity index (χ1n) is 4.83. The number of nitriles is 2. The Balaban J connectivity index is 2.70. The van der Waals surface area contributed by atoms with E-state index in [2.05, 4.69) is 11.4 Å². The van der Waals surface area contributed by atoms with E-state index in [-0.39, 0.29) is 18.2 Å². The number of nitrogens with one attached hydrogen (secondary N) is 1. The van der Waals surface area contributed by atoms with Crippen molar-refractivity contribution in [1.29, 1.82) is 10.5 Å². The molecule has 0 radical (unpaired) electrons. The largest absolute Gasteiger partial charge is 0.325 e. The highest BCUT2D eigenvalue weighted by Gasteiger charge is 2.04. The standard InChI is InChI=1S/C12H11N3O/c1-9(8-14)10-2-4-11(5-3-10)15-12(16)6-7-13/h2-5,9H,6H2,1H3,(H,15,16). The average molecular weight is 213 g/mol. The molecule has 1 amide bonds. The number of anilines is 1. The Bertz CT molecular complexity index is 451. The quantitative estimate of drug-likeness (QED) is 0.835. The number of amides is 1. The van der Waals surface area contributed by atoms with Gasteiger partial charge >= 0.3 is 0 Å². The van der Waals surface area contributed by atoms with Crippen LogP contribution in [-0.2, 0) is 4.79 Å². The number of hydrogen-bond donors (Lipinski definition) is 1. The van der Waals surface area contributed by atoms with E-state index in [4.69, 9.17) is 10.5 Å². The zero-order chi connectivity index (χ0) is 12.0. The van der Waals surface area contributed by atoms with Gasteiger partial charge in [-0.05, 0) is 24.6 Å². The fourth-order valence-corrected chi connectivity index (χ4v) is 1.21. The summed E-state index contributed by atoms with van der Waals surface area (Å²) in [6.45, 7) is 1.81. The predicted octanol–water partition coefficient (Wildman–Crippen LogP) is 2.17. The molecule has 80 valence electrons. The van der Waals surface area contributed by atoms with Gasteiger partial charge in [0.1, 0.15) is 6.42 Å². The van der Waals surface area contributed by atoms with Gasteiger partial charge in [0.25, 0.3) is 0 Å². The molecule has 1 N–H and O–H groups in total. The van der Waals surface area contributed by atoms with Crippen molar-refractivity contribution in [3.8, 4) is 12.1 Å². The molecule has 0 saturated heterocycles. The van der Waals surface area contributed by atoms with Crippen LogP contribution in [-0.4, -0.2) is 5.91 Å². The Morgan fingerprint density at radius 1 is 1.38 bits per heavy atom. The number of rotatable bonds is 3. The van der Waals surface area contributed by atoms with Gasteiger partial charge in [0.2, 0.25) is 5.91 Å². The van der Waals surface area contributed by atoms with Gasteiger partial charge in [-0.25, -0.2) is 0 Å². The molecular weight excluding hydrogens is 202 g/mol. The lowest BCUT2D eigenvalue weighted by Gasteiger charge is -2.05. The molecule has 0 saturated carbocycles. The summed E-state index contributed by atoms with van der Waals surface area (Å²) in [6, 6.07) is 10.9. The van der Waals surface area contributed by atoms with Crippen molar-refractivity contribution < 1.29 is 4.79 Å². The van der Waals surface area contributed by atoms with Gasteiger partial charge in [-0.3, -0.25) is 4.79 Å². The predicted molar refractivity (Wildman–Crippen MR) is 59.3 cm³/mol. The Morgan fingerprint density at radius 3 is 2.50 bits per heavy atom. The number of carbonyl (C=O) groups is 1. The number of benzene rings is 1. The minimum atomic E-state index is -0.330. The first-order valence-corrected chi connectivity index (χ1v) is 4.83. The van der Waals surface area contributed by atoms with Crippen LogP contribution in [0.1, 0.15) is 24.8 Å². The van der Waals surface area contributed by atoms with E-state index in [9.17, 15) is 4.79 Å². The van der Waals surface area contributed by atoms with E-state index < -0.39 is 0 Å². The molecule has 1 aromatic rings. The number of hydrogen-bond acceptors (Lipinski definition) is 3. The van der Waals surface area contributed by atoms with Crippen LogP contribution in [0.25, 0.3) is 0 Å². The summed E-state index contributed by atoms with van der Waals surface area (Å²) in [5.74, 6) is -0.493. The monoisotopic (exact) mass is 213 g/mol. The molecule has 0 aliphatic heterocycles. The summed E-state index contributed by atoms with van der Waals surface area (Å²) in [6.07, 6.45) is -0.156. The van der Waals surface area contributed by atoms with Crippen molar-refractivity contribution in [2.24, 2.45) is 0 Å². The fourth-order valence-electron chi connectivity index (χ4n) is 1.21. The van der Waals surface area contributed by atoms with Gasteiger partial charge in [-0.2, -0.15) is 10.5 Å². The zero-order valence-electron chi connectivity index (χ0n) is 8.90.